The molecule has 6 nitrogen and oxygen atoms in total. The van der Waals surface area contributed by atoms with Crippen LogP contribution in [0.2, 0.25) is 0 Å². The lowest BCUT2D eigenvalue weighted by atomic mass is 9.93. The van der Waals surface area contributed by atoms with Crippen LogP contribution in [0.1, 0.15) is 68.2 Å². The zero-order valence-corrected chi connectivity index (χ0v) is 20.0. The molecule has 1 amide bonds. The van der Waals surface area contributed by atoms with Gasteiger partial charge in [0.2, 0.25) is 0 Å². The molecule has 0 heterocycles. The first-order valence-electron chi connectivity index (χ1n) is 11.0. The van der Waals surface area contributed by atoms with Crippen molar-refractivity contribution in [2.75, 3.05) is 0 Å². The second kappa shape index (κ2) is 11.9. The largest absolute Gasteiger partial charge is 0.486 e. The van der Waals surface area contributed by atoms with E-state index >= 15 is 0 Å². The van der Waals surface area contributed by atoms with Crippen LogP contribution in [-0.4, -0.2) is 35.9 Å². The molecule has 0 unspecified atom stereocenters. The molecule has 176 valence electrons. The molecule has 0 saturated heterocycles. The molecule has 1 rings (SSSR count). The number of hydrogen-bond donors (Lipinski definition) is 1. The van der Waals surface area contributed by atoms with Gasteiger partial charge in [-0.05, 0) is 76.6 Å². The standard InChI is InChI=1S/C24H38FNO5/c1-9-17(10-2)21(30-19-13-11-18(25)12-14-19)16(5)29-22(27)20(15(3)4)26-23(28)31-24(6,7)8/h11-17,20-21H,9-10H2,1-8H3,(H,26,28)/t16-,20-,21-/m0/s1. The van der Waals surface area contributed by atoms with Crippen LogP contribution in [-0.2, 0) is 14.3 Å². The van der Waals surface area contributed by atoms with Gasteiger partial charge in [0.25, 0.3) is 0 Å². The van der Waals surface area contributed by atoms with Crippen molar-refractivity contribution < 1.29 is 28.2 Å². The third kappa shape index (κ3) is 9.15. The van der Waals surface area contributed by atoms with Gasteiger partial charge >= 0.3 is 12.1 Å². The van der Waals surface area contributed by atoms with Crippen LogP contribution in [0, 0.1) is 17.7 Å². The molecule has 3 atom stereocenters. The second-order valence-corrected chi connectivity index (χ2v) is 9.12. The smallest absolute Gasteiger partial charge is 0.408 e. The quantitative estimate of drug-likeness (QED) is 0.488. The maximum Gasteiger partial charge on any atom is 0.408 e. The lowest BCUT2D eigenvalue weighted by Crippen LogP contribution is -2.49. The van der Waals surface area contributed by atoms with Gasteiger partial charge in [-0.2, -0.15) is 0 Å². The minimum Gasteiger partial charge on any atom is -0.486 e. The summed E-state index contributed by atoms with van der Waals surface area (Å²) in [6.07, 6.45) is -0.0139. The molecule has 0 aliphatic rings. The van der Waals surface area contributed by atoms with Crippen LogP contribution < -0.4 is 10.1 Å². The van der Waals surface area contributed by atoms with E-state index in [1.54, 1.807) is 39.8 Å². The molecule has 0 bridgehead atoms. The van der Waals surface area contributed by atoms with E-state index in [2.05, 4.69) is 5.32 Å². The zero-order valence-electron chi connectivity index (χ0n) is 20.0. The van der Waals surface area contributed by atoms with Gasteiger partial charge in [0.15, 0.2) is 0 Å². The molecule has 1 N–H and O–H groups in total. The Labute approximate surface area is 185 Å². The lowest BCUT2D eigenvalue weighted by molar-refractivity contribution is -0.158. The molecule has 1 aromatic rings. The van der Waals surface area contributed by atoms with Gasteiger partial charge < -0.3 is 19.5 Å². The Balaban J connectivity index is 2.94. The fraction of sp³-hybridized carbons (Fsp3) is 0.667. The summed E-state index contributed by atoms with van der Waals surface area (Å²) in [6, 6.07) is 4.91. The van der Waals surface area contributed by atoms with Crippen molar-refractivity contribution in [3.63, 3.8) is 0 Å². The van der Waals surface area contributed by atoms with E-state index < -0.39 is 35.9 Å². The van der Waals surface area contributed by atoms with Crippen LogP contribution in [0.25, 0.3) is 0 Å². The van der Waals surface area contributed by atoms with Crippen LogP contribution in [0.4, 0.5) is 9.18 Å². The molecule has 0 fully saturated rings. The Morgan fingerprint density at radius 2 is 1.58 bits per heavy atom. The zero-order chi connectivity index (χ0) is 23.8. The van der Waals surface area contributed by atoms with Crippen molar-refractivity contribution >= 4 is 12.1 Å². The molecule has 0 radical (unpaired) electrons. The summed E-state index contributed by atoms with van der Waals surface area (Å²) in [5.41, 5.74) is -0.674. The average molecular weight is 440 g/mol. The van der Waals surface area contributed by atoms with E-state index in [1.165, 1.54) is 12.1 Å². The first-order valence-corrected chi connectivity index (χ1v) is 11.0. The summed E-state index contributed by atoms with van der Waals surface area (Å²) in [7, 11) is 0. The summed E-state index contributed by atoms with van der Waals surface area (Å²) < 4.78 is 30.4. The van der Waals surface area contributed by atoms with Crippen molar-refractivity contribution in [3.05, 3.63) is 30.1 Å². The third-order valence-corrected chi connectivity index (χ3v) is 4.96. The van der Waals surface area contributed by atoms with Gasteiger partial charge in [-0.25, -0.2) is 14.0 Å². The Morgan fingerprint density at radius 1 is 1.03 bits per heavy atom. The molecule has 0 spiro atoms. The van der Waals surface area contributed by atoms with Gasteiger partial charge in [0, 0.05) is 0 Å². The van der Waals surface area contributed by atoms with Gasteiger partial charge in [0.05, 0.1) is 0 Å². The van der Waals surface area contributed by atoms with Gasteiger partial charge in [-0.1, -0.05) is 27.7 Å². The van der Waals surface area contributed by atoms with E-state index in [0.29, 0.717) is 5.75 Å². The third-order valence-electron chi connectivity index (χ3n) is 4.96. The van der Waals surface area contributed by atoms with Crippen molar-refractivity contribution in [1.82, 2.24) is 5.32 Å². The van der Waals surface area contributed by atoms with Crippen molar-refractivity contribution in [2.24, 2.45) is 11.8 Å². The number of carbonyl (C=O) groups is 2. The van der Waals surface area contributed by atoms with Gasteiger partial charge in [-0.3, -0.25) is 0 Å². The minimum atomic E-state index is -0.856. The summed E-state index contributed by atoms with van der Waals surface area (Å²) in [5, 5.41) is 2.61. The van der Waals surface area contributed by atoms with Gasteiger partial charge in [0.1, 0.15) is 35.4 Å². The number of halogens is 1. The normalized spacial score (nSPS) is 14.7. The molecule has 7 heteroatoms. The monoisotopic (exact) mass is 439 g/mol. The maximum atomic E-state index is 13.2. The number of hydrogen-bond acceptors (Lipinski definition) is 5. The molecular formula is C24H38FNO5. The average Bonchev–Trinajstić information content (AvgIpc) is 2.66. The summed E-state index contributed by atoms with van der Waals surface area (Å²) in [5.74, 6) is -0.458. The number of rotatable bonds is 10. The number of nitrogens with one attached hydrogen (secondary N) is 1. The van der Waals surface area contributed by atoms with Crippen molar-refractivity contribution in [1.29, 1.82) is 0 Å². The lowest BCUT2D eigenvalue weighted by Gasteiger charge is -2.32. The van der Waals surface area contributed by atoms with Crippen molar-refractivity contribution in [2.45, 2.75) is 92.1 Å². The van der Waals surface area contributed by atoms with Crippen LogP contribution >= 0.6 is 0 Å². The highest BCUT2D eigenvalue weighted by Gasteiger charge is 2.34. The fourth-order valence-electron chi connectivity index (χ4n) is 3.25. The van der Waals surface area contributed by atoms with Gasteiger partial charge in [-0.15, -0.1) is 0 Å². The highest BCUT2D eigenvalue weighted by Crippen LogP contribution is 2.25. The molecule has 1 aromatic carbocycles. The summed E-state index contributed by atoms with van der Waals surface area (Å²) in [4.78, 5) is 25.1. The first kappa shape index (κ1) is 26.7. The van der Waals surface area contributed by atoms with Crippen LogP contribution in [0.15, 0.2) is 24.3 Å². The molecule has 31 heavy (non-hydrogen) atoms. The Bertz CT molecular complexity index is 695. The number of alkyl carbamates (subject to hydrolysis) is 1. The number of amides is 1. The fourth-order valence-corrected chi connectivity index (χ4v) is 3.25. The second-order valence-electron chi connectivity index (χ2n) is 9.12. The van der Waals surface area contributed by atoms with E-state index in [-0.39, 0.29) is 17.7 Å². The minimum absolute atomic E-state index is 0.129. The Hall–Kier alpha value is -2.31. The predicted molar refractivity (Wildman–Crippen MR) is 118 cm³/mol. The number of ether oxygens (including phenoxy) is 3. The first-order chi connectivity index (χ1) is 14.4. The Morgan fingerprint density at radius 3 is 2.03 bits per heavy atom. The van der Waals surface area contributed by atoms with E-state index in [0.717, 1.165) is 12.8 Å². The molecule has 0 aliphatic carbocycles. The van der Waals surface area contributed by atoms with E-state index in [4.69, 9.17) is 14.2 Å². The van der Waals surface area contributed by atoms with Crippen molar-refractivity contribution in [3.8, 4) is 5.75 Å². The van der Waals surface area contributed by atoms with E-state index in [9.17, 15) is 14.0 Å². The highest BCUT2D eigenvalue weighted by molar-refractivity contribution is 5.81. The molecule has 0 aromatic heterocycles. The topological polar surface area (TPSA) is 73.9 Å². The molecular weight excluding hydrogens is 401 g/mol. The van der Waals surface area contributed by atoms with Crippen LogP contribution in [0.3, 0.4) is 0 Å². The highest BCUT2D eigenvalue weighted by atomic mass is 19.1. The number of carbonyl (C=O) groups excluding carboxylic acids is 2. The SMILES string of the molecule is CCC(CC)[C@@H](Oc1ccc(F)cc1)[C@H](C)OC(=O)[C@@H](NC(=O)OC(C)(C)C)C(C)C. The molecule has 0 saturated carbocycles. The number of esters is 1. The summed E-state index contributed by atoms with van der Waals surface area (Å²) in [6.45, 7) is 14.8. The van der Waals surface area contributed by atoms with E-state index in [1.807, 2.05) is 27.7 Å². The Kier molecular flexibility index (Phi) is 10.3. The predicted octanol–water partition coefficient (Wildman–Crippen LogP) is 5.49. The summed E-state index contributed by atoms with van der Waals surface area (Å²) >= 11 is 0. The number of benzene rings is 1. The van der Waals surface area contributed by atoms with Crippen LogP contribution in [0.5, 0.6) is 5.75 Å². The maximum absolute atomic E-state index is 13.2. The molecule has 0 aliphatic heterocycles.